The molecule has 3 aromatic rings. The van der Waals surface area contributed by atoms with E-state index in [2.05, 4.69) is 5.32 Å². The number of benzene rings is 3. The first-order valence-electron chi connectivity index (χ1n) is 12.0. The maximum Gasteiger partial charge on any atom is 0.261 e. The largest absolute Gasteiger partial charge is 0.484 e. The predicted octanol–water partition coefficient (Wildman–Crippen LogP) is 6.16. The molecule has 0 aromatic heterocycles. The summed E-state index contributed by atoms with van der Waals surface area (Å²) in [6.07, 6.45) is 1.15. The number of aryl methyl sites for hydroxylation is 2. The lowest BCUT2D eigenvalue weighted by Gasteiger charge is -2.31. The minimum atomic E-state index is -0.749. The van der Waals surface area contributed by atoms with Gasteiger partial charge in [0, 0.05) is 29.6 Å². The Morgan fingerprint density at radius 3 is 2.31 bits per heavy atom. The molecule has 3 aromatic carbocycles. The fourth-order valence-corrected chi connectivity index (χ4v) is 4.47. The summed E-state index contributed by atoms with van der Waals surface area (Å²) in [5.41, 5.74) is 3.73. The molecule has 0 radical (unpaired) electrons. The summed E-state index contributed by atoms with van der Waals surface area (Å²) in [6, 6.07) is 19.8. The van der Waals surface area contributed by atoms with Crippen molar-refractivity contribution in [2.45, 2.75) is 46.2 Å². The SMILES string of the molecule is CCCNC(=O)[C@@H](Cc1ccccc1)N(Cc1ccc(Cl)cc1Cl)C(=O)COc1cc(C)cc(C)c1. The van der Waals surface area contributed by atoms with Crippen LogP contribution in [0.1, 0.15) is 35.6 Å². The van der Waals surface area contributed by atoms with Gasteiger partial charge >= 0.3 is 0 Å². The van der Waals surface area contributed by atoms with Gasteiger partial charge in [0.05, 0.1) is 0 Å². The van der Waals surface area contributed by atoms with Crippen molar-refractivity contribution >= 4 is 35.0 Å². The minimum Gasteiger partial charge on any atom is -0.484 e. The highest BCUT2D eigenvalue weighted by atomic mass is 35.5. The van der Waals surface area contributed by atoms with E-state index in [1.54, 1.807) is 23.1 Å². The van der Waals surface area contributed by atoms with E-state index in [0.717, 1.165) is 23.1 Å². The molecule has 0 fully saturated rings. The number of carbonyl (C=O) groups is 2. The molecule has 0 heterocycles. The summed E-state index contributed by atoms with van der Waals surface area (Å²) in [5.74, 6) is 0.0821. The second kappa shape index (κ2) is 13.3. The molecule has 0 aliphatic carbocycles. The summed E-state index contributed by atoms with van der Waals surface area (Å²) in [7, 11) is 0. The molecule has 2 amide bonds. The van der Waals surface area contributed by atoms with Crippen LogP contribution >= 0.6 is 23.2 Å². The number of carbonyl (C=O) groups excluding carboxylic acids is 2. The Bertz CT molecular complexity index is 1160. The normalized spacial score (nSPS) is 11.6. The van der Waals surface area contributed by atoms with Crippen molar-refractivity contribution in [3.63, 3.8) is 0 Å². The Balaban J connectivity index is 1.93. The summed E-state index contributed by atoms with van der Waals surface area (Å²) in [6.45, 7) is 6.39. The first-order valence-corrected chi connectivity index (χ1v) is 12.8. The Labute approximate surface area is 223 Å². The van der Waals surface area contributed by atoms with Crippen LogP contribution in [-0.4, -0.2) is 35.9 Å². The van der Waals surface area contributed by atoms with Crippen molar-refractivity contribution in [3.05, 3.63) is 99.0 Å². The van der Waals surface area contributed by atoms with E-state index in [1.807, 2.05) is 69.3 Å². The number of amides is 2. The molecule has 190 valence electrons. The predicted molar refractivity (Wildman–Crippen MR) is 146 cm³/mol. The van der Waals surface area contributed by atoms with Gasteiger partial charge in [0.2, 0.25) is 5.91 Å². The zero-order valence-corrected chi connectivity index (χ0v) is 22.4. The van der Waals surface area contributed by atoms with Crippen molar-refractivity contribution < 1.29 is 14.3 Å². The highest BCUT2D eigenvalue weighted by molar-refractivity contribution is 6.35. The van der Waals surface area contributed by atoms with E-state index in [-0.39, 0.29) is 25.0 Å². The third kappa shape index (κ3) is 8.00. The van der Waals surface area contributed by atoms with Crippen LogP contribution in [0.4, 0.5) is 0 Å². The maximum absolute atomic E-state index is 13.6. The number of halogens is 2. The molecule has 0 aliphatic rings. The molecule has 1 atom stereocenters. The number of hydrogen-bond donors (Lipinski definition) is 1. The summed E-state index contributed by atoms with van der Waals surface area (Å²) < 4.78 is 5.88. The standard InChI is InChI=1S/C29H32Cl2N2O3/c1-4-12-32-29(35)27(16-22-8-6-5-7-9-22)33(18-23-10-11-24(30)17-26(23)31)28(34)19-36-25-14-20(2)13-21(3)15-25/h5-11,13-15,17,27H,4,12,16,18-19H2,1-3H3,(H,32,35)/t27-/m1/s1. The average molecular weight is 527 g/mol. The average Bonchev–Trinajstić information content (AvgIpc) is 2.84. The van der Waals surface area contributed by atoms with Gasteiger partial charge in [0.25, 0.3) is 5.91 Å². The Kier molecular flexibility index (Phi) is 10.2. The molecular formula is C29H32Cl2N2O3. The van der Waals surface area contributed by atoms with Gasteiger partial charge in [-0.3, -0.25) is 9.59 Å². The number of nitrogens with one attached hydrogen (secondary N) is 1. The topological polar surface area (TPSA) is 58.6 Å². The van der Waals surface area contributed by atoms with Crippen molar-refractivity contribution in [2.24, 2.45) is 0 Å². The van der Waals surface area contributed by atoms with Gasteiger partial charge in [-0.2, -0.15) is 0 Å². The number of rotatable bonds is 11. The first-order chi connectivity index (χ1) is 17.3. The van der Waals surface area contributed by atoms with E-state index in [9.17, 15) is 9.59 Å². The van der Waals surface area contributed by atoms with Crippen molar-refractivity contribution in [2.75, 3.05) is 13.2 Å². The summed E-state index contributed by atoms with van der Waals surface area (Å²) >= 11 is 12.5. The van der Waals surface area contributed by atoms with Crippen LogP contribution in [-0.2, 0) is 22.6 Å². The molecule has 36 heavy (non-hydrogen) atoms. The Morgan fingerprint density at radius 2 is 1.67 bits per heavy atom. The van der Waals surface area contributed by atoms with E-state index < -0.39 is 6.04 Å². The van der Waals surface area contributed by atoms with Crippen molar-refractivity contribution in [1.82, 2.24) is 10.2 Å². The zero-order valence-electron chi connectivity index (χ0n) is 20.9. The van der Waals surface area contributed by atoms with Crippen LogP contribution in [0.3, 0.4) is 0 Å². The highest BCUT2D eigenvalue weighted by Gasteiger charge is 2.31. The van der Waals surface area contributed by atoms with Gasteiger partial charge in [-0.1, -0.05) is 72.6 Å². The van der Waals surface area contributed by atoms with E-state index in [0.29, 0.717) is 34.3 Å². The van der Waals surface area contributed by atoms with E-state index in [4.69, 9.17) is 27.9 Å². The Hall–Kier alpha value is -3.02. The summed E-state index contributed by atoms with van der Waals surface area (Å²) in [4.78, 5) is 28.5. The smallest absolute Gasteiger partial charge is 0.261 e. The van der Waals surface area contributed by atoms with Crippen LogP contribution in [0.2, 0.25) is 10.0 Å². The molecule has 1 N–H and O–H groups in total. The van der Waals surface area contributed by atoms with Gasteiger partial charge in [-0.05, 0) is 66.8 Å². The minimum absolute atomic E-state index is 0.141. The number of nitrogens with zero attached hydrogens (tertiary/aromatic N) is 1. The quantitative estimate of drug-likeness (QED) is 0.325. The Morgan fingerprint density at radius 1 is 0.972 bits per heavy atom. The third-order valence-corrected chi connectivity index (χ3v) is 6.32. The lowest BCUT2D eigenvalue weighted by molar-refractivity contribution is -0.142. The van der Waals surface area contributed by atoms with Crippen LogP contribution in [0.15, 0.2) is 66.7 Å². The lowest BCUT2D eigenvalue weighted by Crippen LogP contribution is -2.51. The second-order valence-electron chi connectivity index (χ2n) is 8.87. The van der Waals surface area contributed by atoms with Crippen LogP contribution < -0.4 is 10.1 Å². The third-order valence-electron chi connectivity index (χ3n) is 5.73. The lowest BCUT2D eigenvalue weighted by atomic mass is 10.0. The molecule has 0 unspecified atom stereocenters. The zero-order chi connectivity index (χ0) is 26.1. The van der Waals surface area contributed by atoms with E-state index >= 15 is 0 Å². The monoisotopic (exact) mass is 526 g/mol. The molecule has 0 aliphatic heterocycles. The molecule has 0 saturated heterocycles. The fraction of sp³-hybridized carbons (Fsp3) is 0.310. The second-order valence-corrected chi connectivity index (χ2v) is 9.71. The molecule has 3 rings (SSSR count). The molecule has 0 bridgehead atoms. The van der Waals surface area contributed by atoms with Crippen LogP contribution in [0, 0.1) is 13.8 Å². The van der Waals surface area contributed by atoms with E-state index in [1.165, 1.54) is 0 Å². The molecular weight excluding hydrogens is 495 g/mol. The molecule has 5 nitrogen and oxygen atoms in total. The van der Waals surface area contributed by atoms with Gasteiger partial charge in [0.1, 0.15) is 11.8 Å². The molecule has 0 saturated carbocycles. The molecule has 7 heteroatoms. The van der Waals surface area contributed by atoms with Crippen molar-refractivity contribution in [3.8, 4) is 5.75 Å². The van der Waals surface area contributed by atoms with Crippen LogP contribution in [0.5, 0.6) is 5.75 Å². The van der Waals surface area contributed by atoms with Gasteiger partial charge in [-0.25, -0.2) is 0 Å². The van der Waals surface area contributed by atoms with Crippen molar-refractivity contribution in [1.29, 1.82) is 0 Å². The van der Waals surface area contributed by atoms with Gasteiger partial charge < -0.3 is 15.0 Å². The van der Waals surface area contributed by atoms with Gasteiger partial charge in [-0.15, -0.1) is 0 Å². The fourth-order valence-electron chi connectivity index (χ4n) is 4.00. The molecule has 0 spiro atoms. The summed E-state index contributed by atoms with van der Waals surface area (Å²) in [5, 5.41) is 3.89. The van der Waals surface area contributed by atoms with Gasteiger partial charge in [0.15, 0.2) is 6.61 Å². The maximum atomic E-state index is 13.6. The number of ether oxygens (including phenoxy) is 1. The number of hydrogen-bond acceptors (Lipinski definition) is 3. The highest BCUT2D eigenvalue weighted by Crippen LogP contribution is 2.24. The first kappa shape index (κ1) is 27.6. The van der Waals surface area contributed by atoms with Crippen LogP contribution in [0.25, 0.3) is 0 Å².